The lowest BCUT2D eigenvalue weighted by Gasteiger charge is -2.25. The molecular weight excluding hydrogens is 320 g/mol. The third-order valence-electron chi connectivity index (χ3n) is 3.00. The molecule has 1 aromatic heterocycles. The molecule has 0 aliphatic carbocycles. The summed E-state index contributed by atoms with van der Waals surface area (Å²) in [6.07, 6.45) is 2.50. The van der Waals surface area contributed by atoms with Crippen LogP contribution in [0.25, 0.3) is 0 Å². The average molecular weight is 341 g/mol. The number of halogens is 1. The summed E-state index contributed by atoms with van der Waals surface area (Å²) in [6.45, 7) is 7.73. The molecule has 1 N–H and O–H groups in total. The van der Waals surface area contributed by atoms with Gasteiger partial charge in [-0.2, -0.15) is 0 Å². The van der Waals surface area contributed by atoms with Gasteiger partial charge >= 0.3 is 5.97 Å². The third kappa shape index (κ3) is 4.72. The fourth-order valence-corrected chi connectivity index (χ4v) is 2.29. The number of nitrogens with one attached hydrogen (secondary N) is 1. The Labute approximate surface area is 128 Å². The minimum atomic E-state index is -0.370. The normalized spacial score (nSPS) is 13.8. The minimum absolute atomic E-state index is 0.0727. The van der Waals surface area contributed by atoms with Crippen molar-refractivity contribution < 1.29 is 9.53 Å². The van der Waals surface area contributed by atoms with Crippen molar-refractivity contribution in [3.8, 4) is 0 Å². The molecule has 1 rings (SSSR count). The number of carbonyl (C=O) groups excluding carboxylic acids is 1. The number of pyridine rings is 1. The van der Waals surface area contributed by atoms with Gasteiger partial charge in [-0.05, 0) is 40.4 Å². The molecule has 0 aliphatic rings. The summed E-state index contributed by atoms with van der Waals surface area (Å²) in [7, 11) is 1.40. The van der Waals surface area contributed by atoms with Crippen molar-refractivity contribution in [1.29, 1.82) is 0 Å². The van der Waals surface area contributed by atoms with E-state index in [4.69, 9.17) is 4.74 Å². The van der Waals surface area contributed by atoms with Crippen LogP contribution in [-0.2, 0) is 9.53 Å². The average Bonchev–Trinajstić information content (AvgIpc) is 2.42. The summed E-state index contributed by atoms with van der Waals surface area (Å²) in [5.74, 6) is -0.133. The molecule has 0 bridgehead atoms. The zero-order valence-electron chi connectivity index (χ0n) is 12.1. The van der Waals surface area contributed by atoms with Gasteiger partial charge in [0.2, 0.25) is 0 Å². The van der Waals surface area contributed by atoms with Gasteiger partial charge in [0.15, 0.2) is 0 Å². The van der Waals surface area contributed by atoms with Crippen molar-refractivity contribution in [2.75, 3.05) is 7.11 Å². The number of esters is 1. The van der Waals surface area contributed by atoms with E-state index < -0.39 is 0 Å². The highest BCUT2D eigenvalue weighted by Crippen LogP contribution is 2.20. The lowest BCUT2D eigenvalue weighted by atomic mass is 10.0. The van der Waals surface area contributed by atoms with Crippen molar-refractivity contribution >= 4 is 21.9 Å². The van der Waals surface area contributed by atoms with E-state index in [1.165, 1.54) is 7.11 Å². The number of methoxy groups -OCH3 is 1. The summed E-state index contributed by atoms with van der Waals surface area (Å²) >= 11 is 3.36. The number of hydrogen-bond acceptors (Lipinski definition) is 4. The molecule has 0 amide bonds. The molecule has 0 fully saturated rings. The van der Waals surface area contributed by atoms with Crippen LogP contribution in [0.15, 0.2) is 35.5 Å². The van der Waals surface area contributed by atoms with Crippen LogP contribution >= 0.6 is 15.9 Å². The fourth-order valence-electron chi connectivity index (χ4n) is 1.94. The maximum Gasteiger partial charge on any atom is 0.323 e. The molecule has 1 aromatic rings. The first kappa shape index (κ1) is 16.9. The predicted octanol–water partition coefficient (Wildman–Crippen LogP) is 3.25. The van der Waals surface area contributed by atoms with Crippen LogP contribution in [0.2, 0.25) is 0 Å². The number of hydrogen-bond donors (Lipinski definition) is 1. The number of nitrogens with zero attached hydrogens (tertiary/aromatic N) is 1. The maximum atomic E-state index is 11.9. The van der Waals surface area contributed by atoms with Crippen LogP contribution in [0.5, 0.6) is 0 Å². The van der Waals surface area contributed by atoms with Gasteiger partial charge in [0, 0.05) is 0 Å². The molecule has 0 saturated heterocycles. The largest absolute Gasteiger partial charge is 0.468 e. The molecule has 5 heteroatoms. The molecule has 2 atom stereocenters. The predicted molar refractivity (Wildman–Crippen MR) is 83.3 cm³/mol. The Morgan fingerprint density at radius 2 is 2.25 bits per heavy atom. The highest BCUT2D eigenvalue weighted by Gasteiger charge is 2.26. The van der Waals surface area contributed by atoms with Gasteiger partial charge in [0.1, 0.15) is 10.6 Å². The first-order valence-corrected chi connectivity index (χ1v) is 7.36. The molecule has 0 aliphatic heterocycles. The summed E-state index contributed by atoms with van der Waals surface area (Å²) in [5.41, 5.74) is 0.869. The minimum Gasteiger partial charge on any atom is -0.468 e. The zero-order chi connectivity index (χ0) is 15.1. The Balaban J connectivity index is 2.95. The first-order chi connectivity index (χ1) is 9.49. The van der Waals surface area contributed by atoms with Crippen LogP contribution in [-0.4, -0.2) is 24.1 Å². The quantitative estimate of drug-likeness (QED) is 0.470. The second kappa shape index (κ2) is 8.17. The smallest absolute Gasteiger partial charge is 0.323 e. The van der Waals surface area contributed by atoms with Gasteiger partial charge in [0.25, 0.3) is 0 Å². The van der Waals surface area contributed by atoms with Gasteiger partial charge < -0.3 is 4.74 Å². The van der Waals surface area contributed by atoms with Crippen molar-refractivity contribution in [3.05, 3.63) is 41.2 Å². The van der Waals surface area contributed by atoms with Gasteiger partial charge in [-0.25, -0.2) is 4.98 Å². The molecule has 4 nitrogen and oxygen atoms in total. The van der Waals surface area contributed by atoms with Crippen LogP contribution in [0, 0.1) is 5.92 Å². The summed E-state index contributed by atoms with van der Waals surface area (Å²) < 4.78 is 5.62. The molecule has 0 saturated carbocycles. The topological polar surface area (TPSA) is 51.2 Å². The molecule has 1 heterocycles. The molecule has 0 aromatic carbocycles. The van der Waals surface area contributed by atoms with E-state index in [0.29, 0.717) is 6.42 Å². The highest BCUT2D eigenvalue weighted by atomic mass is 79.9. The highest BCUT2D eigenvalue weighted by molar-refractivity contribution is 9.10. The number of aromatic nitrogens is 1. The summed E-state index contributed by atoms with van der Waals surface area (Å²) in [6, 6.07) is 5.28. The second-order valence-corrected chi connectivity index (χ2v) is 5.69. The van der Waals surface area contributed by atoms with E-state index in [1.54, 1.807) is 0 Å². The molecule has 20 heavy (non-hydrogen) atoms. The number of carbonyl (C=O) groups is 1. The Bertz CT molecular complexity index is 463. The van der Waals surface area contributed by atoms with Gasteiger partial charge in [-0.3, -0.25) is 10.1 Å². The lowest BCUT2D eigenvalue weighted by molar-refractivity contribution is -0.144. The van der Waals surface area contributed by atoms with E-state index in [2.05, 4.69) is 32.8 Å². The first-order valence-electron chi connectivity index (χ1n) is 6.56. The number of rotatable bonds is 7. The van der Waals surface area contributed by atoms with Crippen molar-refractivity contribution in [2.24, 2.45) is 5.92 Å². The van der Waals surface area contributed by atoms with E-state index >= 15 is 0 Å². The summed E-state index contributed by atoms with van der Waals surface area (Å²) in [5, 5.41) is 3.32. The molecule has 0 radical (unpaired) electrons. The third-order valence-corrected chi connectivity index (χ3v) is 3.44. The molecule has 0 unspecified atom stereocenters. The maximum absolute atomic E-state index is 11.9. The van der Waals surface area contributed by atoms with Crippen LogP contribution in [0.3, 0.4) is 0 Å². The van der Waals surface area contributed by atoms with Crippen molar-refractivity contribution in [2.45, 2.75) is 32.4 Å². The lowest BCUT2D eigenvalue weighted by Crippen LogP contribution is -2.43. The zero-order valence-corrected chi connectivity index (χ0v) is 13.7. The van der Waals surface area contributed by atoms with E-state index in [9.17, 15) is 4.79 Å². The van der Waals surface area contributed by atoms with Crippen molar-refractivity contribution in [3.63, 3.8) is 0 Å². The van der Waals surface area contributed by atoms with Crippen LogP contribution in [0.1, 0.15) is 32.0 Å². The van der Waals surface area contributed by atoms with E-state index in [0.717, 1.165) is 10.3 Å². The second-order valence-electron chi connectivity index (χ2n) is 4.87. The monoisotopic (exact) mass is 340 g/mol. The standard InChI is InChI=1S/C15H21BrN2O2/c1-5-7-11(12-8-6-9-13(16)17-12)18-14(10(2)3)15(19)20-4/h5-6,8-11,14,18H,1,7H2,2-4H3/t11-,14-/m0/s1. The van der Waals surface area contributed by atoms with E-state index in [1.807, 2.05) is 38.1 Å². The Morgan fingerprint density at radius 1 is 1.55 bits per heavy atom. The fraction of sp³-hybridized carbons (Fsp3) is 0.467. The molecule has 0 spiro atoms. The Kier molecular flexibility index (Phi) is 6.88. The van der Waals surface area contributed by atoms with Crippen LogP contribution < -0.4 is 5.32 Å². The van der Waals surface area contributed by atoms with Crippen LogP contribution in [0.4, 0.5) is 0 Å². The SMILES string of the molecule is C=CC[C@H](N[C@H](C(=O)OC)C(C)C)c1cccc(Br)n1. The van der Waals surface area contributed by atoms with E-state index in [-0.39, 0.29) is 24.0 Å². The van der Waals surface area contributed by atoms with Gasteiger partial charge in [-0.1, -0.05) is 26.0 Å². The van der Waals surface area contributed by atoms with Gasteiger partial charge in [0.05, 0.1) is 18.8 Å². The summed E-state index contributed by atoms with van der Waals surface area (Å²) in [4.78, 5) is 16.3. The Hall–Kier alpha value is -1.20. The van der Waals surface area contributed by atoms with Crippen molar-refractivity contribution in [1.82, 2.24) is 10.3 Å². The Morgan fingerprint density at radius 3 is 2.75 bits per heavy atom. The molecular formula is C15H21BrN2O2. The molecule has 110 valence electrons. The number of ether oxygens (including phenoxy) is 1. The van der Waals surface area contributed by atoms with Gasteiger partial charge in [-0.15, -0.1) is 6.58 Å².